The Morgan fingerprint density at radius 2 is 1.78 bits per heavy atom. The molecule has 4 rings (SSSR count). The summed E-state index contributed by atoms with van der Waals surface area (Å²) in [6, 6.07) is 21.1. The maximum atomic E-state index is 12.2. The maximum Gasteiger partial charge on any atom is 0.407 e. The molecule has 1 unspecified atom stereocenters. The van der Waals surface area contributed by atoms with Crippen molar-refractivity contribution in [2.45, 2.75) is 65.8 Å². The topological polar surface area (TPSA) is 113 Å². The van der Waals surface area contributed by atoms with Crippen LogP contribution < -0.4 is 15.8 Å². The molecule has 0 saturated heterocycles. The maximum absolute atomic E-state index is 12.2. The number of carbonyl (C=O) groups is 2. The summed E-state index contributed by atoms with van der Waals surface area (Å²) in [6.07, 6.45) is -0.335. The number of alkyl carbamates (subject to hydrolysis) is 1. The molecule has 0 aliphatic heterocycles. The zero-order valence-corrected chi connectivity index (χ0v) is 24.3. The predicted octanol–water partition coefficient (Wildman–Crippen LogP) is 6.83. The van der Waals surface area contributed by atoms with Gasteiger partial charge >= 0.3 is 12.1 Å². The molecule has 0 fully saturated rings. The van der Waals surface area contributed by atoms with Gasteiger partial charge in [-0.2, -0.15) is 0 Å². The van der Waals surface area contributed by atoms with Gasteiger partial charge in [0.15, 0.2) is 0 Å². The molecule has 0 bridgehead atoms. The number of furan rings is 1. The molecule has 0 saturated carbocycles. The minimum Gasteiger partial charge on any atom is -0.489 e. The average Bonchev–Trinajstić information content (AvgIpc) is 3.35. The van der Waals surface area contributed by atoms with Crippen LogP contribution in [0.4, 0.5) is 4.79 Å². The number of nitrogens with two attached hydrogens (primary N) is 1. The summed E-state index contributed by atoms with van der Waals surface area (Å²) < 4.78 is 22.9. The van der Waals surface area contributed by atoms with Crippen LogP contribution in [0.15, 0.2) is 71.1 Å². The van der Waals surface area contributed by atoms with E-state index in [1.807, 2.05) is 94.4 Å². The summed E-state index contributed by atoms with van der Waals surface area (Å²) in [5.74, 6) is 1.01. The van der Waals surface area contributed by atoms with Crippen molar-refractivity contribution < 1.29 is 28.2 Å². The zero-order chi connectivity index (χ0) is 29.6. The zero-order valence-electron chi connectivity index (χ0n) is 24.3. The van der Waals surface area contributed by atoms with Gasteiger partial charge in [-0.3, -0.25) is 4.79 Å². The second-order valence-corrected chi connectivity index (χ2v) is 10.9. The first-order chi connectivity index (χ1) is 19.5. The van der Waals surface area contributed by atoms with Gasteiger partial charge in [-0.05, 0) is 81.6 Å². The molecule has 3 N–H and O–H groups in total. The third-order valence-corrected chi connectivity index (χ3v) is 6.22. The van der Waals surface area contributed by atoms with Gasteiger partial charge < -0.3 is 29.7 Å². The minimum atomic E-state index is -0.573. The molecular formula is C33H38N2O6. The van der Waals surface area contributed by atoms with Crippen LogP contribution in [0.25, 0.3) is 22.1 Å². The Labute approximate surface area is 240 Å². The molecule has 0 aliphatic carbocycles. The number of fused-ring (bicyclic) bond motifs is 1. The molecule has 8 nitrogen and oxygen atoms in total. The highest BCUT2D eigenvalue weighted by Crippen LogP contribution is 2.35. The SMILES string of the molecule is CCOC(=O)Cc1ccccc1OCc1cc(-c2cccc(CNC(=O)OC(C)(C)C)c2)c2oc(C(C)N)cc2c1. The smallest absolute Gasteiger partial charge is 0.407 e. The number of amides is 1. The third kappa shape index (κ3) is 8.11. The van der Waals surface area contributed by atoms with Crippen LogP contribution in [-0.4, -0.2) is 24.3 Å². The van der Waals surface area contributed by atoms with E-state index in [0.717, 1.165) is 38.8 Å². The van der Waals surface area contributed by atoms with E-state index >= 15 is 0 Å². The largest absolute Gasteiger partial charge is 0.489 e. The van der Waals surface area contributed by atoms with Gasteiger partial charge in [0.1, 0.15) is 29.3 Å². The predicted molar refractivity (Wildman–Crippen MR) is 158 cm³/mol. The monoisotopic (exact) mass is 558 g/mol. The number of benzene rings is 3. The lowest BCUT2D eigenvalue weighted by molar-refractivity contribution is -0.142. The Balaban J connectivity index is 1.62. The highest BCUT2D eigenvalue weighted by molar-refractivity contribution is 5.94. The van der Waals surface area contributed by atoms with E-state index in [-0.39, 0.29) is 25.0 Å². The molecule has 0 aliphatic rings. The van der Waals surface area contributed by atoms with E-state index in [9.17, 15) is 9.59 Å². The van der Waals surface area contributed by atoms with Crippen LogP contribution >= 0.6 is 0 Å². The Morgan fingerprint density at radius 1 is 1.00 bits per heavy atom. The Morgan fingerprint density at radius 3 is 2.51 bits per heavy atom. The lowest BCUT2D eigenvalue weighted by Crippen LogP contribution is -2.32. The van der Waals surface area contributed by atoms with Crippen LogP contribution in [0.1, 0.15) is 63.1 Å². The van der Waals surface area contributed by atoms with Gasteiger partial charge in [0.05, 0.1) is 19.1 Å². The first-order valence-corrected chi connectivity index (χ1v) is 13.8. The standard InChI is InChI=1S/C33H38N2O6/c1-6-38-30(36)18-25-11-7-8-13-28(25)39-20-23-15-26-17-29(21(2)34)40-31(26)27(16-23)24-12-9-10-22(14-24)19-35-32(37)41-33(3,4)5/h7-17,21H,6,18-20,34H2,1-5H3,(H,35,37). The fourth-order valence-electron chi connectivity index (χ4n) is 4.41. The molecule has 1 amide bonds. The van der Waals surface area contributed by atoms with Gasteiger partial charge in [0, 0.05) is 23.1 Å². The fraction of sp³-hybridized carbons (Fsp3) is 0.333. The van der Waals surface area contributed by atoms with E-state index in [1.54, 1.807) is 6.92 Å². The lowest BCUT2D eigenvalue weighted by atomic mass is 9.98. The molecule has 216 valence electrons. The number of ether oxygens (including phenoxy) is 3. The molecule has 1 atom stereocenters. The van der Waals surface area contributed by atoms with Crippen molar-refractivity contribution in [1.29, 1.82) is 0 Å². The summed E-state index contributed by atoms with van der Waals surface area (Å²) >= 11 is 0. The highest BCUT2D eigenvalue weighted by atomic mass is 16.6. The van der Waals surface area contributed by atoms with Crippen molar-refractivity contribution in [1.82, 2.24) is 5.32 Å². The molecule has 8 heteroatoms. The van der Waals surface area contributed by atoms with Gasteiger partial charge in [-0.1, -0.05) is 36.4 Å². The second-order valence-electron chi connectivity index (χ2n) is 10.9. The summed E-state index contributed by atoms with van der Waals surface area (Å²) in [7, 11) is 0. The molecule has 1 aromatic heterocycles. The van der Waals surface area contributed by atoms with Crippen LogP contribution in [0.3, 0.4) is 0 Å². The molecule has 0 spiro atoms. The van der Waals surface area contributed by atoms with E-state index in [4.69, 9.17) is 24.4 Å². The van der Waals surface area contributed by atoms with Gasteiger partial charge in [-0.15, -0.1) is 0 Å². The van der Waals surface area contributed by atoms with Crippen molar-refractivity contribution in [2.24, 2.45) is 5.73 Å². The van der Waals surface area contributed by atoms with Gasteiger partial charge in [-0.25, -0.2) is 4.79 Å². The number of hydrogen-bond acceptors (Lipinski definition) is 7. The molecule has 1 heterocycles. The molecular weight excluding hydrogens is 520 g/mol. The summed E-state index contributed by atoms with van der Waals surface area (Å²) in [4.78, 5) is 24.3. The second kappa shape index (κ2) is 12.9. The lowest BCUT2D eigenvalue weighted by Gasteiger charge is -2.19. The third-order valence-electron chi connectivity index (χ3n) is 6.22. The Bertz CT molecular complexity index is 1520. The number of rotatable bonds is 10. The molecule has 3 aromatic carbocycles. The van der Waals surface area contributed by atoms with Crippen LogP contribution in [0.5, 0.6) is 5.75 Å². The fourth-order valence-corrected chi connectivity index (χ4v) is 4.41. The minimum absolute atomic E-state index is 0.137. The van der Waals surface area contributed by atoms with Crippen LogP contribution in [0, 0.1) is 0 Å². The van der Waals surface area contributed by atoms with Crippen LogP contribution in [0.2, 0.25) is 0 Å². The average molecular weight is 559 g/mol. The van der Waals surface area contributed by atoms with Crippen molar-refractivity contribution >= 4 is 23.0 Å². The highest BCUT2D eigenvalue weighted by Gasteiger charge is 2.18. The number of hydrogen-bond donors (Lipinski definition) is 2. The van der Waals surface area contributed by atoms with Crippen LogP contribution in [-0.2, 0) is 33.8 Å². The molecule has 4 aromatic rings. The van der Waals surface area contributed by atoms with E-state index in [0.29, 0.717) is 24.7 Å². The van der Waals surface area contributed by atoms with Crippen molar-refractivity contribution in [3.05, 3.63) is 89.2 Å². The van der Waals surface area contributed by atoms with Gasteiger partial charge in [0.2, 0.25) is 0 Å². The number of para-hydroxylation sites is 1. The van der Waals surface area contributed by atoms with Crippen molar-refractivity contribution in [2.75, 3.05) is 6.61 Å². The van der Waals surface area contributed by atoms with E-state index in [1.165, 1.54) is 0 Å². The molecule has 41 heavy (non-hydrogen) atoms. The summed E-state index contributed by atoms with van der Waals surface area (Å²) in [5.41, 5.74) is 10.7. The number of carbonyl (C=O) groups excluding carboxylic acids is 2. The first kappa shape index (κ1) is 29.7. The first-order valence-electron chi connectivity index (χ1n) is 13.8. The Kier molecular flexibility index (Phi) is 9.35. The van der Waals surface area contributed by atoms with Gasteiger partial charge in [0.25, 0.3) is 0 Å². The van der Waals surface area contributed by atoms with E-state index < -0.39 is 11.7 Å². The molecule has 0 radical (unpaired) electrons. The number of nitrogens with one attached hydrogen (secondary N) is 1. The number of esters is 1. The summed E-state index contributed by atoms with van der Waals surface area (Å²) in [6.45, 7) is 10.1. The van der Waals surface area contributed by atoms with Crippen molar-refractivity contribution in [3.63, 3.8) is 0 Å². The Hall–Kier alpha value is -4.30. The summed E-state index contributed by atoms with van der Waals surface area (Å²) in [5, 5.41) is 3.72. The quantitative estimate of drug-likeness (QED) is 0.205. The normalized spacial score (nSPS) is 12.1. The van der Waals surface area contributed by atoms with E-state index in [2.05, 4.69) is 5.32 Å². The van der Waals surface area contributed by atoms with Crippen molar-refractivity contribution in [3.8, 4) is 16.9 Å².